The number of hydrogen-bond donors (Lipinski definition) is 0. The van der Waals surface area contributed by atoms with E-state index in [-0.39, 0.29) is 0 Å². The molecule has 0 spiro atoms. The summed E-state index contributed by atoms with van der Waals surface area (Å²) in [5, 5.41) is 17.3. The van der Waals surface area contributed by atoms with Crippen molar-refractivity contribution in [3.8, 4) is 34.3 Å². The highest BCUT2D eigenvalue weighted by Crippen LogP contribution is 2.44. The van der Waals surface area contributed by atoms with Crippen molar-refractivity contribution in [2.75, 3.05) is 0 Å². The minimum Gasteiger partial charge on any atom is -0.309 e. The lowest BCUT2D eigenvalue weighted by Crippen LogP contribution is -2.04. The van der Waals surface area contributed by atoms with Crippen LogP contribution in [-0.4, -0.2) is 13.7 Å². The molecule has 0 saturated heterocycles. The number of nitriles is 1. The number of rotatable bonds is 4. The average molecular weight is 700 g/mol. The van der Waals surface area contributed by atoms with Crippen LogP contribution in [0.15, 0.2) is 176 Å². The Morgan fingerprint density at radius 1 is 0.436 bits per heavy atom. The van der Waals surface area contributed by atoms with E-state index in [2.05, 4.69) is 188 Å². The summed E-state index contributed by atoms with van der Waals surface area (Å²) in [7, 11) is 0. The van der Waals surface area contributed by atoms with E-state index in [0.29, 0.717) is 11.3 Å². The maximum absolute atomic E-state index is 10.4. The number of fused-ring (bicyclic) bond motifs is 9. The van der Waals surface area contributed by atoms with Crippen molar-refractivity contribution in [1.29, 1.82) is 5.26 Å². The van der Waals surface area contributed by atoms with Crippen molar-refractivity contribution in [1.82, 2.24) is 13.7 Å². The highest BCUT2D eigenvalue weighted by Gasteiger charge is 2.23. The predicted octanol–water partition coefficient (Wildman–Crippen LogP) is 13.1. The van der Waals surface area contributed by atoms with E-state index >= 15 is 0 Å². The van der Waals surface area contributed by atoms with Gasteiger partial charge in [-0.1, -0.05) is 109 Å². The van der Waals surface area contributed by atoms with Gasteiger partial charge in [0.05, 0.1) is 62.7 Å². The van der Waals surface area contributed by atoms with Gasteiger partial charge in [-0.15, -0.1) is 0 Å². The molecule has 0 radical (unpaired) electrons. The van der Waals surface area contributed by atoms with Gasteiger partial charge < -0.3 is 13.7 Å². The molecule has 0 N–H and O–H groups in total. The molecule has 0 aliphatic rings. The summed E-state index contributed by atoms with van der Waals surface area (Å²) in [6.45, 7) is 8.08. The molecule has 0 amide bonds. The van der Waals surface area contributed by atoms with E-state index < -0.39 is 0 Å². The van der Waals surface area contributed by atoms with E-state index in [9.17, 15) is 5.26 Å². The summed E-state index contributed by atoms with van der Waals surface area (Å²) in [5.41, 5.74) is 12.2. The summed E-state index contributed by atoms with van der Waals surface area (Å²) in [4.78, 5) is 3.84. The van der Waals surface area contributed by atoms with Crippen LogP contribution in [0.2, 0.25) is 0 Å². The second-order valence-electron chi connectivity index (χ2n) is 13.9. The lowest BCUT2D eigenvalue weighted by molar-refractivity contribution is 1.09. The molecule has 0 saturated carbocycles. The molecular weight excluding hydrogens is 671 g/mol. The van der Waals surface area contributed by atoms with Gasteiger partial charge in [-0.05, 0) is 77.9 Å². The van der Waals surface area contributed by atoms with Crippen molar-refractivity contribution in [2.24, 2.45) is 0 Å². The smallest absolute Gasteiger partial charge is 0.206 e. The van der Waals surface area contributed by atoms with Crippen LogP contribution in [0.5, 0.6) is 0 Å². The number of benzene rings is 8. The van der Waals surface area contributed by atoms with Crippen LogP contribution in [-0.2, 0) is 0 Å². The summed E-state index contributed by atoms with van der Waals surface area (Å²) < 4.78 is 6.87. The highest BCUT2D eigenvalue weighted by atomic mass is 15.1. The molecule has 3 heterocycles. The highest BCUT2D eigenvalue weighted by molar-refractivity contribution is 6.18. The summed E-state index contributed by atoms with van der Waals surface area (Å²) in [5.74, 6) is 0. The maximum Gasteiger partial charge on any atom is 0.206 e. The monoisotopic (exact) mass is 699 g/mol. The van der Waals surface area contributed by atoms with Crippen LogP contribution in [0.4, 0.5) is 5.69 Å². The molecule has 55 heavy (non-hydrogen) atoms. The molecule has 5 heteroatoms. The van der Waals surface area contributed by atoms with Gasteiger partial charge in [0.2, 0.25) is 5.69 Å². The largest absolute Gasteiger partial charge is 0.309 e. The summed E-state index contributed by atoms with van der Waals surface area (Å²) in [6, 6.07) is 63.9. The minimum atomic E-state index is 0.326. The zero-order chi connectivity index (χ0) is 36.6. The fraction of sp³-hybridized carbons (Fsp3) is 0. The number of para-hydroxylation sites is 5. The molecule has 254 valence electrons. The third kappa shape index (κ3) is 4.39. The van der Waals surface area contributed by atoms with Crippen molar-refractivity contribution < 1.29 is 0 Å². The lowest BCUT2D eigenvalue weighted by Gasteiger charge is -2.18. The van der Waals surface area contributed by atoms with Gasteiger partial charge in [0.15, 0.2) is 0 Å². The maximum atomic E-state index is 10.4. The molecule has 0 unspecified atom stereocenters. The molecule has 11 rings (SSSR count). The zero-order valence-corrected chi connectivity index (χ0v) is 29.5. The van der Waals surface area contributed by atoms with Crippen LogP contribution in [0.25, 0.3) is 98.5 Å². The van der Waals surface area contributed by atoms with Crippen LogP contribution in [0.3, 0.4) is 0 Å². The van der Waals surface area contributed by atoms with Crippen LogP contribution in [0.1, 0.15) is 5.56 Å². The first-order chi connectivity index (χ1) is 27.2. The topological polar surface area (TPSA) is 42.9 Å². The Bertz CT molecular complexity index is 3400. The van der Waals surface area contributed by atoms with Crippen molar-refractivity contribution in [3.05, 3.63) is 193 Å². The van der Waals surface area contributed by atoms with Crippen molar-refractivity contribution in [2.45, 2.75) is 0 Å². The Balaban J connectivity index is 1.22. The lowest BCUT2D eigenvalue weighted by atomic mass is 9.98. The van der Waals surface area contributed by atoms with Gasteiger partial charge in [0.1, 0.15) is 0 Å². The van der Waals surface area contributed by atoms with E-state index in [4.69, 9.17) is 6.57 Å². The summed E-state index contributed by atoms with van der Waals surface area (Å²) in [6.07, 6.45) is 0. The summed E-state index contributed by atoms with van der Waals surface area (Å²) >= 11 is 0. The van der Waals surface area contributed by atoms with E-state index in [0.717, 1.165) is 77.3 Å². The van der Waals surface area contributed by atoms with Crippen LogP contribution >= 0.6 is 0 Å². The normalized spacial score (nSPS) is 11.6. The van der Waals surface area contributed by atoms with E-state index in [1.165, 1.54) is 16.3 Å². The molecule has 3 aromatic heterocycles. The van der Waals surface area contributed by atoms with Gasteiger partial charge in [0, 0.05) is 38.0 Å². The molecule has 5 nitrogen and oxygen atoms in total. The Labute approximate surface area is 316 Å². The molecule has 0 atom stereocenters. The zero-order valence-electron chi connectivity index (χ0n) is 29.5. The van der Waals surface area contributed by atoms with E-state index in [1.807, 2.05) is 12.1 Å². The Morgan fingerprint density at radius 2 is 0.945 bits per heavy atom. The fourth-order valence-corrected chi connectivity index (χ4v) is 8.80. The molecule has 8 aromatic carbocycles. The van der Waals surface area contributed by atoms with Gasteiger partial charge in [-0.25, -0.2) is 4.85 Å². The van der Waals surface area contributed by atoms with E-state index in [1.54, 1.807) is 0 Å². The third-order valence-electron chi connectivity index (χ3n) is 11.1. The first-order valence-corrected chi connectivity index (χ1v) is 18.3. The molecule has 11 aromatic rings. The standard InChI is InChI=1S/C50H29N5/c1-52-41-30-49(54-43-22-10-5-16-36(43)37-17-6-11-23-44(37)54)48(29-33(41)31-51)55-45-24-12-8-19-39(45)50-35(20-13-25-47(50)55)32-26-27-46-40(28-32)38-18-7-9-21-42(38)53(46)34-14-3-2-4-15-34/h2-30H. The van der Waals surface area contributed by atoms with Crippen LogP contribution < -0.4 is 0 Å². The Morgan fingerprint density at radius 3 is 1.60 bits per heavy atom. The quantitative estimate of drug-likeness (QED) is 0.169. The average Bonchev–Trinajstić information content (AvgIpc) is 3.89. The fourth-order valence-electron chi connectivity index (χ4n) is 8.80. The van der Waals surface area contributed by atoms with Gasteiger partial charge in [0.25, 0.3) is 0 Å². The molecule has 0 aliphatic heterocycles. The Kier molecular flexibility index (Phi) is 6.61. The number of hydrogen-bond acceptors (Lipinski definition) is 1. The molecule has 0 fully saturated rings. The second-order valence-corrected chi connectivity index (χ2v) is 13.9. The second kappa shape index (κ2) is 11.8. The number of nitrogens with zero attached hydrogens (tertiary/aromatic N) is 5. The van der Waals surface area contributed by atoms with Gasteiger partial charge in [-0.2, -0.15) is 5.26 Å². The predicted molar refractivity (Wildman–Crippen MR) is 226 cm³/mol. The first kappa shape index (κ1) is 30.7. The van der Waals surface area contributed by atoms with Gasteiger partial charge in [-0.3, -0.25) is 0 Å². The number of aromatic nitrogens is 3. The Hall–Kier alpha value is -7.86. The van der Waals surface area contributed by atoms with Crippen LogP contribution in [0, 0.1) is 17.9 Å². The third-order valence-corrected chi connectivity index (χ3v) is 11.1. The molecular formula is C50H29N5. The SMILES string of the molecule is [C-]#[N+]c1cc(-n2c3ccccc3c3ccccc32)c(-n2c3ccccc3c3c(-c4ccc5c(c4)c4ccccc4n5-c4ccccc4)cccc32)cc1C#N. The molecule has 0 bridgehead atoms. The van der Waals surface area contributed by atoms with Crippen molar-refractivity contribution in [3.63, 3.8) is 0 Å². The van der Waals surface area contributed by atoms with Crippen molar-refractivity contribution >= 4 is 71.1 Å². The minimum absolute atomic E-state index is 0.326. The van der Waals surface area contributed by atoms with Gasteiger partial charge >= 0.3 is 0 Å². The first-order valence-electron chi connectivity index (χ1n) is 18.3. The molecule has 0 aliphatic carbocycles.